The first-order valence-electron chi connectivity index (χ1n) is 7.35. The third kappa shape index (κ3) is 3.46. The number of hydrogen-bond acceptors (Lipinski definition) is 1. The number of hydrogen-bond donors (Lipinski definition) is 0. The largest absolute Gasteiger partial charge is 0.487 e. The first-order valence-corrected chi connectivity index (χ1v) is 10.9. The predicted octanol–water partition coefficient (Wildman–Crippen LogP) is 4.75. The van der Waals surface area contributed by atoms with Gasteiger partial charge in [-0.15, -0.1) is 5.54 Å². The van der Waals surface area contributed by atoms with Crippen LogP contribution in [0.5, 0.6) is 5.75 Å². The Morgan fingerprint density at radius 2 is 1.75 bits per heavy atom. The molecule has 20 heavy (non-hydrogen) atoms. The Bertz CT molecular complexity index is 580. The van der Waals surface area contributed by atoms with E-state index in [9.17, 15) is 0 Å². The highest BCUT2D eigenvalue weighted by atomic mass is 28.3. The van der Waals surface area contributed by atoms with Crippen molar-refractivity contribution in [1.82, 2.24) is 0 Å². The summed E-state index contributed by atoms with van der Waals surface area (Å²) in [6.07, 6.45) is 1.03. The molecule has 0 atom stereocenters. The van der Waals surface area contributed by atoms with E-state index in [2.05, 4.69) is 77.0 Å². The summed E-state index contributed by atoms with van der Waals surface area (Å²) >= 11 is 0. The molecule has 0 amide bonds. The molecule has 0 spiro atoms. The SMILES string of the molecule is CC1(C)CC(C)(C)c2ccc(C#C[Si](C)(C)C)cc2O1. The van der Waals surface area contributed by atoms with Crippen molar-refractivity contribution in [3.8, 4) is 17.2 Å². The van der Waals surface area contributed by atoms with E-state index in [1.54, 1.807) is 0 Å². The van der Waals surface area contributed by atoms with E-state index in [1.807, 2.05) is 0 Å². The van der Waals surface area contributed by atoms with E-state index in [0.717, 1.165) is 17.7 Å². The molecule has 0 aliphatic carbocycles. The summed E-state index contributed by atoms with van der Waals surface area (Å²) in [6, 6.07) is 6.44. The summed E-state index contributed by atoms with van der Waals surface area (Å²) in [6.45, 7) is 15.7. The fourth-order valence-electron chi connectivity index (χ4n) is 3.00. The van der Waals surface area contributed by atoms with Gasteiger partial charge in [0.2, 0.25) is 0 Å². The zero-order valence-electron chi connectivity index (χ0n) is 13.8. The van der Waals surface area contributed by atoms with Crippen LogP contribution in [0, 0.1) is 11.5 Å². The second kappa shape index (κ2) is 4.67. The number of ether oxygens (including phenoxy) is 1. The Hall–Kier alpha value is -1.20. The van der Waals surface area contributed by atoms with Gasteiger partial charge in [0, 0.05) is 11.1 Å². The molecule has 0 bridgehead atoms. The van der Waals surface area contributed by atoms with E-state index < -0.39 is 8.07 Å². The van der Waals surface area contributed by atoms with Crippen LogP contribution in [0.2, 0.25) is 19.6 Å². The molecule has 0 aromatic heterocycles. The van der Waals surface area contributed by atoms with Gasteiger partial charge in [-0.2, -0.15) is 0 Å². The predicted molar refractivity (Wildman–Crippen MR) is 89.0 cm³/mol. The van der Waals surface area contributed by atoms with Gasteiger partial charge in [0.25, 0.3) is 0 Å². The molecule has 1 heterocycles. The fourth-order valence-corrected chi connectivity index (χ4v) is 3.52. The topological polar surface area (TPSA) is 9.23 Å². The summed E-state index contributed by atoms with van der Waals surface area (Å²) in [5.41, 5.74) is 5.83. The molecular formula is C18H26OSi. The molecular weight excluding hydrogens is 260 g/mol. The van der Waals surface area contributed by atoms with Gasteiger partial charge in [0.05, 0.1) is 0 Å². The van der Waals surface area contributed by atoms with Gasteiger partial charge >= 0.3 is 0 Å². The first-order chi connectivity index (χ1) is 8.99. The van der Waals surface area contributed by atoms with Crippen LogP contribution in [0.15, 0.2) is 18.2 Å². The van der Waals surface area contributed by atoms with Crippen LogP contribution in [0.25, 0.3) is 0 Å². The summed E-state index contributed by atoms with van der Waals surface area (Å²) in [7, 11) is -1.33. The molecule has 1 aliphatic rings. The average Bonchev–Trinajstić information content (AvgIpc) is 2.21. The van der Waals surface area contributed by atoms with E-state index in [0.29, 0.717) is 0 Å². The van der Waals surface area contributed by atoms with Crippen LogP contribution in [0.1, 0.15) is 45.2 Å². The lowest BCUT2D eigenvalue weighted by Gasteiger charge is -2.42. The second-order valence-corrected chi connectivity index (χ2v) is 12.9. The fraction of sp³-hybridized carbons (Fsp3) is 0.556. The lowest BCUT2D eigenvalue weighted by molar-refractivity contribution is 0.0534. The van der Waals surface area contributed by atoms with Crippen molar-refractivity contribution in [2.45, 2.75) is 64.8 Å². The average molecular weight is 286 g/mol. The maximum atomic E-state index is 6.17. The van der Waals surface area contributed by atoms with Crippen molar-refractivity contribution >= 4 is 8.07 Å². The molecule has 2 rings (SSSR count). The van der Waals surface area contributed by atoms with E-state index in [4.69, 9.17) is 4.74 Å². The van der Waals surface area contributed by atoms with Crippen molar-refractivity contribution in [3.63, 3.8) is 0 Å². The normalized spacial score (nSPS) is 19.4. The molecule has 0 N–H and O–H groups in total. The van der Waals surface area contributed by atoms with Crippen molar-refractivity contribution in [3.05, 3.63) is 29.3 Å². The van der Waals surface area contributed by atoms with Crippen molar-refractivity contribution in [2.24, 2.45) is 0 Å². The third-order valence-electron chi connectivity index (χ3n) is 3.55. The molecule has 0 saturated heterocycles. The Morgan fingerprint density at radius 3 is 2.35 bits per heavy atom. The number of benzene rings is 1. The lowest BCUT2D eigenvalue weighted by atomic mass is 9.73. The van der Waals surface area contributed by atoms with E-state index in [1.165, 1.54) is 5.56 Å². The van der Waals surface area contributed by atoms with Crippen molar-refractivity contribution in [2.75, 3.05) is 0 Å². The summed E-state index contributed by atoms with van der Waals surface area (Å²) in [5, 5.41) is 0. The molecule has 0 radical (unpaired) electrons. The minimum absolute atomic E-state index is 0.110. The maximum Gasteiger partial charge on any atom is 0.129 e. The van der Waals surface area contributed by atoms with Crippen molar-refractivity contribution < 1.29 is 4.74 Å². The zero-order chi connectivity index (χ0) is 15.2. The number of fused-ring (bicyclic) bond motifs is 1. The highest BCUT2D eigenvalue weighted by Gasteiger charge is 2.38. The lowest BCUT2D eigenvalue weighted by Crippen LogP contribution is -2.41. The molecule has 108 valence electrons. The zero-order valence-corrected chi connectivity index (χ0v) is 14.8. The van der Waals surface area contributed by atoms with Gasteiger partial charge in [-0.3, -0.25) is 0 Å². The maximum absolute atomic E-state index is 6.17. The van der Waals surface area contributed by atoms with Crippen LogP contribution in [-0.2, 0) is 5.41 Å². The highest BCUT2D eigenvalue weighted by Crippen LogP contribution is 2.44. The first kappa shape index (κ1) is 15.2. The summed E-state index contributed by atoms with van der Waals surface area (Å²) < 4.78 is 6.17. The van der Waals surface area contributed by atoms with E-state index >= 15 is 0 Å². The quantitative estimate of drug-likeness (QED) is 0.494. The monoisotopic (exact) mass is 286 g/mol. The van der Waals surface area contributed by atoms with Crippen LogP contribution in [0.3, 0.4) is 0 Å². The van der Waals surface area contributed by atoms with Gasteiger partial charge < -0.3 is 4.74 Å². The molecule has 2 heteroatoms. The summed E-state index contributed by atoms with van der Waals surface area (Å²) in [4.78, 5) is 0. The van der Waals surface area contributed by atoms with Gasteiger partial charge in [0.1, 0.15) is 19.4 Å². The molecule has 1 nitrogen and oxygen atoms in total. The number of rotatable bonds is 0. The second-order valence-electron chi connectivity index (χ2n) is 8.13. The molecule has 1 aromatic carbocycles. The Morgan fingerprint density at radius 1 is 1.10 bits per heavy atom. The Labute approximate surface area is 124 Å². The van der Waals surface area contributed by atoms with Crippen molar-refractivity contribution in [1.29, 1.82) is 0 Å². The van der Waals surface area contributed by atoms with Gasteiger partial charge in [-0.1, -0.05) is 45.5 Å². The standard InChI is InChI=1S/C18H26OSi/c1-17(2)13-18(3,4)19-16-12-14(8-9-15(16)17)10-11-20(5,6)7/h8-9,12H,13H2,1-7H3. The molecule has 1 aliphatic heterocycles. The molecule has 0 fully saturated rings. The Balaban J connectivity index is 2.43. The van der Waals surface area contributed by atoms with Gasteiger partial charge in [0.15, 0.2) is 0 Å². The van der Waals surface area contributed by atoms with Crippen LogP contribution in [-0.4, -0.2) is 13.7 Å². The molecule has 0 unspecified atom stereocenters. The highest BCUT2D eigenvalue weighted by molar-refractivity contribution is 6.83. The van der Waals surface area contributed by atoms with Crippen LogP contribution in [0.4, 0.5) is 0 Å². The molecule has 0 saturated carbocycles. The minimum atomic E-state index is -1.33. The summed E-state index contributed by atoms with van der Waals surface area (Å²) in [5.74, 6) is 4.33. The van der Waals surface area contributed by atoms with Gasteiger partial charge in [-0.05, 0) is 37.8 Å². The smallest absolute Gasteiger partial charge is 0.129 e. The van der Waals surface area contributed by atoms with Crippen LogP contribution < -0.4 is 4.74 Å². The Kier molecular flexibility index (Phi) is 3.55. The van der Waals surface area contributed by atoms with Crippen LogP contribution >= 0.6 is 0 Å². The minimum Gasteiger partial charge on any atom is -0.487 e. The van der Waals surface area contributed by atoms with Gasteiger partial charge in [-0.25, -0.2) is 0 Å². The van der Waals surface area contributed by atoms with E-state index in [-0.39, 0.29) is 11.0 Å². The third-order valence-corrected chi connectivity index (χ3v) is 4.42. The molecule has 1 aromatic rings.